The van der Waals surface area contributed by atoms with Gasteiger partial charge in [-0.15, -0.1) is 0 Å². The van der Waals surface area contributed by atoms with Crippen LogP contribution < -0.4 is 9.47 Å². The Hall–Kier alpha value is -2.91. The number of rotatable bonds is 14. The van der Waals surface area contributed by atoms with Crippen LogP contribution in [0.2, 0.25) is 0 Å². The van der Waals surface area contributed by atoms with Gasteiger partial charge in [0.1, 0.15) is 12.7 Å². The molecule has 7 nitrogen and oxygen atoms in total. The van der Waals surface area contributed by atoms with Crippen molar-refractivity contribution in [3.63, 3.8) is 0 Å². The van der Waals surface area contributed by atoms with Gasteiger partial charge in [-0.1, -0.05) is 60.2 Å². The summed E-state index contributed by atoms with van der Waals surface area (Å²) in [5.74, 6) is 1.19. The summed E-state index contributed by atoms with van der Waals surface area (Å²) in [6.07, 6.45) is -0.804. The molecule has 1 unspecified atom stereocenters. The molecule has 3 aromatic rings. The summed E-state index contributed by atoms with van der Waals surface area (Å²) < 4.78 is 41.7. The van der Waals surface area contributed by atoms with E-state index in [1.165, 1.54) is 12.1 Å². The molecule has 1 N–H and O–H groups in total. The average Bonchev–Trinajstić information content (AvgIpc) is 2.84. The van der Waals surface area contributed by atoms with Gasteiger partial charge in [-0.25, -0.2) is 0 Å². The second-order valence-corrected chi connectivity index (χ2v) is 9.77. The molecule has 0 radical (unpaired) electrons. The van der Waals surface area contributed by atoms with E-state index in [1.807, 2.05) is 67.3 Å². The summed E-state index contributed by atoms with van der Waals surface area (Å²) in [7, 11) is -3.86. The van der Waals surface area contributed by atoms with Crippen LogP contribution in [0, 0.1) is 6.92 Å². The number of ether oxygens (including phenoxy) is 2. The first-order valence-corrected chi connectivity index (χ1v) is 13.0. The Morgan fingerprint density at radius 1 is 0.886 bits per heavy atom. The lowest BCUT2D eigenvalue weighted by Gasteiger charge is -2.25. The first-order valence-electron chi connectivity index (χ1n) is 11.6. The van der Waals surface area contributed by atoms with Gasteiger partial charge < -0.3 is 14.6 Å². The maximum Gasteiger partial charge on any atom is 0.297 e. The summed E-state index contributed by atoms with van der Waals surface area (Å²) in [5.41, 5.74) is 2.02. The lowest BCUT2D eigenvalue weighted by atomic mass is 10.2. The summed E-state index contributed by atoms with van der Waals surface area (Å²) >= 11 is 0. The highest BCUT2D eigenvalue weighted by molar-refractivity contribution is 7.86. The smallest absolute Gasteiger partial charge is 0.297 e. The number of nitrogens with zero attached hydrogens (tertiary/aromatic N) is 1. The average molecular weight is 500 g/mol. The van der Waals surface area contributed by atoms with Gasteiger partial charge >= 0.3 is 0 Å². The number of aliphatic hydroxyl groups is 1. The van der Waals surface area contributed by atoms with E-state index in [0.717, 1.165) is 11.1 Å². The third-order valence-electron chi connectivity index (χ3n) is 5.25. The third-order valence-corrected chi connectivity index (χ3v) is 6.58. The number of hydrogen-bond donors (Lipinski definition) is 1. The molecule has 188 valence electrons. The Morgan fingerprint density at radius 2 is 1.51 bits per heavy atom. The fourth-order valence-electron chi connectivity index (χ4n) is 3.51. The quantitative estimate of drug-likeness (QED) is 0.335. The number of hydrogen-bond acceptors (Lipinski definition) is 7. The Labute approximate surface area is 208 Å². The number of benzene rings is 3. The Morgan fingerprint density at radius 3 is 2.17 bits per heavy atom. The molecule has 0 bridgehead atoms. The van der Waals surface area contributed by atoms with Crippen LogP contribution in [-0.4, -0.2) is 57.4 Å². The predicted molar refractivity (Wildman–Crippen MR) is 135 cm³/mol. The molecular formula is C27H33NO6S. The standard InChI is InChI=1S/C27H33NO6S/c1-3-32-26-11-7-8-12-27(26)33-21-24(29)20-28(19-23-9-5-4-6-10-23)17-18-34-35(30,31)25-15-13-22(2)14-16-25/h4-16,24,29H,3,17-21H2,1-2H3. The van der Waals surface area contributed by atoms with E-state index in [0.29, 0.717) is 31.2 Å². The first kappa shape index (κ1) is 26.7. The number of para-hydroxylation sites is 2. The molecule has 0 spiro atoms. The van der Waals surface area contributed by atoms with E-state index in [-0.39, 0.29) is 24.7 Å². The van der Waals surface area contributed by atoms with Crippen molar-refractivity contribution in [2.45, 2.75) is 31.4 Å². The molecule has 3 aromatic carbocycles. The van der Waals surface area contributed by atoms with E-state index >= 15 is 0 Å². The molecule has 0 aromatic heterocycles. The van der Waals surface area contributed by atoms with Gasteiger partial charge in [-0.2, -0.15) is 8.42 Å². The van der Waals surface area contributed by atoms with Crippen molar-refractivity contribution < 1.29 is 27.2 Å². The number of aliphatic hydroxyl groups excluding tert-OH is 1. The number of aryl methyl sites for hydroxylation is 1. The van der Waals surface area contributed by atoms with Crippen LogP contribution in [0.4, 0.5) is 0 Å². The van der Waals surface area contributed by atoms with Crippen molar-refractivity contribution in [2.75, 3.05) is 32.9 Å². The normalized spacial score (nSPS) is 12.5. The molecule has 0 saturated heterocycles. The minimum Gasteiger partial charge on any atom is -0.490 e. The van der Waals surface area contributed by atoms with E-state index < -0.39 is 16.2 Å². The van der Waals surface area contributed by atoms with Gasteiger partial charge in [0.2, 0.25) is 0 Å². The minimum absolute atomic E-state index is 0.0379. The zero-order valence-corrected chi connectivity index (χ0v) is 21.0. The van der Waals surface area contributed by atoms with E-state index in [2.05, 4.69) is 0 Å². The molecule has 35 heavy (non-hydrogen) atoms. The van der Waals surface area contributed by atoms with Crippen molar-refractivity contribution in [1.29, 1.82) is 0 Å². The van der Waals surface area contributed by atoms with Gasteiger partial charge in [0.25, 0.3) is 10.1 Å². The second-order valence-electron chi connectivity index (χ2n) is 8.15. The Bertz CT molecular complexity index is 1140. The molecule has 8 heteroatoms. The maximum atomic E-state index is 12.5. The van der Waals surface area contributed by atoms with Gasteiger partial charge in [0, 0.05) is 19.6 Å². The largest absolute Gasteiger partial charge is 0.490 e. The highest BCUT2D eigenvalue weighted by Crippen LogP contribution is 2.26. The first-order chi connectivity index (χ1) is 16.9. The molecule has 0 heterocycles. The molecule has 0 saturated carbocycles. The minimum atomic E-state index is -3.86. The summed E-state index contributed by atoms with van der Waals surface area (Å²) in [6, 6.07) is 23.6. The van der Waals surface area contributed by atoms with Gasteiger partial charge in [-0.3, -0.25) is 9.08 Å². The predicted octanol–water partition coefficient (Wildman–Crippen LogP) is 4.04. The van der Waals surface area contributed by atoms with E-state index in [4.69, 9.17) is 13.7 Å². The monoisotopic (exact) mass is 499 g/mol. The summed E-state index contributed by atoms with van der Waals surface area (Å²) in [6.45, 7) is 5.45. The van der Waals surface area contributed by atoms with Crippen molar-refractivity contribution >= 4 is 10.1 Å². The maximum absolute atomic E-state index is 12.5. The van der Waals surface area contributed by atoms with Gasteiger partial charge in [-0.05, 0) is 43.7 Å². The molecule has 0 amide bonds. The summed E-state index contributed by atoms with van der Waals surface area (Å²) in [5, 5.41) is 10.7. The zero-order chi connectivity index (χ0) is 25.1. The SMILES string of the molecule is CCOc1ccccc1OCC(O)CN(CCOS(=O)(=O)c1ccc(C)cc1)Cc1ccccc1. The molecule has 0 aliphatic rings. The fourth-order valence-corrected chi connectivity index (χ4v) is 4.41. The highest BCUT2D eigenvalue weighted by Gasteiger charge is 2.18. The Kier molecular flexibility index (Phi) is 10.1. The van der Waals surface area contributed by atoms with Crippen LogP contribution in [0.15, 0.2) is 83.8 Å². The molecule has 0 fully saturated rings. The summed E-state index contributed by atoms with van der Waals surface area (Å²) in [4.78, 5) is 2.07. The van der Waals surface area contributed by atoms with Crippen molar-refractivity contribution in [1.82, 2.24) is 4.90 Å². The topological polar surface area (TPSA) is 85.3 Å². The Balaban J connectivity index is 1.59. The lowest BCUT2D eigenvalue weighted by Crippen LogP contribution is -2.37. The second kappa shape index (κ2) is 13.3. The van der Waals surface area contributed by atoms with Crippen LogP contribution in [-0.2, 0) is 20.8 Å². The van der Waals surface area contributed by atoms with Crippen LogP contribution in [0.1, 0.15) is 18.1 Å². The van der Waals surface area contributed by atoms with Crippen molar-refractivity contribution in [3.05, 3.63) is 90.0 Å². The highest BCUT2D eigenvalue weighted by atomic mass is 32.2. The van der Waals surface area contributed by atoms with E-state index in [9.17, 15) is 13.5 Å². The molecule has 1 atom stereocenters. The zero-order valence-electron chi connectivity index (χ0n) is 20.2. The molecule has 0 aliphatic heterocycles. The van der Waals surface area contributed by atoms with Gasteiger partial charge in [0.15, 0.2) is 11.5 Å². The van der Waals surface area contributed by atoms with Crippen molar-refractivity contribution in [2.24, 2.45) is 0 Å². The van der Waals surface area contributed by atoms with Crippen LogP contribution in [0.25, 0.3) is 0 Å². The van der Waals surface area contributed by atoms with E-state index in [1.54, 1.807) is 18.2 Å². The fraction of sp³-hybridized carbons (Fsp3) is 0.333. The van der Waals surface area contributed by atoms with Crippen LogP contribution >= 0.6 is 0 Å². The lowest BCUT2D eigenvalue weighted by molar-refractivity contribution is 0.0598. The molecule has 3 rings (SSSR count). The van der Waals surface area contributed by atoms with Crippen LogP contribution in [0.3, 0.4) is 0 Å². The van der Waals surface area contributed by atoms with Gasteiger partial charge in [0.05, 0.1) is 18.1 Å². The molecular weight excluding hydrogens is 466 g/mol. The molecule has 0 aliphatic carbocycles. The third kappa shape index (κ3) is 8.67. The van der Waals surface area contributed by atoms with Crippen molar-refractivity contribution in [3.8, 4) is 11.5 Å². The van der Waals surface area contributed by atoms with Crippen LogP contribution in [0.5, 0.6) is 11.5 Å².